The highest BCUT2D eigenvalue weighted by Gasteiger charge is 2.48. The number of halogens is 1. The molecule has 0 saturated heterocycles. The Hall–Kier alpha value is -4.26. The quantitative estimate of drug-likeness (QED) is 0.238. The van der Waals surface area contributed by atoms with Gasteiger partial charge in [-0.3, -0.25) is 20.4 Å². The topological polar surface area (TPSA) is 148 Å². The normalized spacial score (nSPS) is 19.2. The van der Waals surface area contributed by atoms with Crippen LogP contribution in [0.2, 0.25) is 5.02 Å². The minimum absolute atomic E-state index is 0.230. The van der Waals surface area contributed by atoms with E-state index in [-0.39, 0.29) is 22.0 Å². The van der Waals surface area contributed by atoms with Crippen LogP contribution in [0.4, 0.5) is 0 Å². The Morgan fingerprint density at radius 3 is 1.91 bits per heavy atom. The van der Waals surface area contributed by atoms with E-state index in [9.17, 15) is 9.59 Å². The van der Waals surface area contributed by atoms with E-state index in [1.54, 1.807) is 47.3 Å². The molecule has 0 radical (unpaired) electrons. The third kappa shape index (κ3) is 6.56. The second kappa shape index (κ2) is 13.4. The molecule has 43 heavy (non-hydrogen) atoms. The fraction of sp³-hybridized carbons (Fsp3) is 0.167. The number of para-hydroxylation sites is 1. The molecule has 13 heteroatoms. The molecule has 3 heterocycles. The fourth-order valence-electron chi connectivity index (χ4n) is 4.84. The summed E-state index contributed by atoms with van der Waals surface area (Å²) in [7, 11) is 0. The number of rotatable bonds is 9. The number of amidine groups is 4. The van der Waals surface area contributed by atoms with Crippen LogP contribution in [0.15, 0.2) is 96.1 Å². The first kappa shape index (κ1) is 30.2. The highest BCUT2D eigenvalue weighted by molar-refractivity contribution is 8.14. The maximum atomic E-state index is 13.8. The Bertz CT molecular complexity index is 1610. The molecule has 0 aliphatic carbocycles. The molecule has 5 rings (SSSR count). The van der Waals surface area contributed by atoms with Gasteiger partial charge in [-0.1, -0.05) is 77.6 Å². The van der Waals surface area contributed by atoms with Gasteiger partial charge in [-0.05, 0) is 24.3 Å². The van der Waals surface area contributed by atoms with E-state index in [0.717, 1.165) is 5.69 Å². The van der Waals surface area contributed by atoms with Gasteiger partial charge in [0.15, 0.2) is 10.3 Å². The molecule has 1 aromatic heterocycles. The summed E-state index contributed by atoms with van der Waals surface area (Å²) in [6.07, 6.45) is 5.08. The molecule has 0 fully saturated rings. The van der Waals surface area contributed by atoms with Crippen molar-refractivity contribution >= 4 is 68.9 Å². The van der Waals surface area contributed by atoms with Gasteiger partial charge in [-0.2, -0.15) is 5.10 Å². The largest absolute Gasteiger partial charge is 0.304 e. The van der Waals surface area contributed by atoms with Gasteiger partial charge in [0, 0.05) is 39.8 Å². The lowest BCUT2D eigenvalue weighted by molar-refractivity contribution is -0.124. The third-order valence-corrected chi connectivity index (χ3v) is 8.68. The first-order chi connectivity index (χ1) is 20.8. The molecular formula is C30H27ClN8O2S2. The molecule has 3 aromatic rings. The van der Waals surface area contributed by atoms with E-state index in [1.165, 1.54) is 23.5 Å². The second-order valence-corrected chi connectivity index (χ2v) is 11.9. The van der Waals surface area contributed by atoms with Crippen LogP contribution in [0.1, 0.15) is 11.5 Å². The van der Waals surface area contributed by atoms with Gasteiger partial charge >= 0.3 is 0 Å². The van der Waals surface area contributed by atoms with Crippen LogP contribution in [0.25, 0.3) is 16.9 Å². The molecule has 0 bridgehead atoms. The average Bonchev–Trinajstić information content (AvgIpc) is 3.43. The van der Waals surface area contributed by atoms with Crippen LogP contribution >= 0.6 is 35.1 Å². The summed E-state index contributed by atoms with van der Waals surface area (Å²) in [5.74, 6) is -4.00. The molecule has 10 nitrogen and oxygen atoms in total. The highest BCUT2D eigenvalue weighted by atomic mass is 35.5. The van der Waals surface area contributed by atoms with Crippen molar-refractivity contribution in [2.75, 3.05) is 11.5 Å². The van der Waals surface area contributed by atoms with Gasteiger partial charge in [0.25, 0.3) is 0 Å². The molecule has 2 aliphatic heterocycles. The molecule has 2 atom stereocenters. The van der Waals surface area contributed by atoms with Crippen molar-refractivity contribution in [1.29, 1.82) is 10.8 Å². The van der Waals surface area contributed by atoms with Crippen LogP contribution in [0.5, 0.6) is 0 Å². The zero-order chi connectivity index (χ0) is 30.5. The average molecular weight is 631 g/mol. The summed E-state index contributed by atoms with van der Waals surface area (Å²) in [5.41, 5.74) is 2.38. The van der Waals surface area contributed by atoms with Crippen LogP contribution in [-0.2, 0) is 9.59 Å². The standard InChI is InChI=1S/C30H27ClN8O2S2/c1-3-14-42-29-34-25(32)22(27(40)36-29)21(23-26(33)35-30(37-28(23)41)43-15-4-2)20-16-39(19-8-6-5-7-9-19)38-24(20)17-10-12-18(31)13-11-17/h3-13,16,21-23H,1-2,14-15H2,(H2,32,34,36,40)(H2,33,35,37,41). The van der Waals surface area contributed by atoms with Crippen LogP contribution in [0.3, 0.4) is 0 Å². The fourth-order valence-corrected chi connectivity index (χ4v) is 6.18. The van der Waals surface area contributed by atoms with Gasteiger partial charge in [-0.15, -0.1) is 13.2 Å². The molecular weight excluding hydrogens is 604 g/mol. The Kier molecular flexibility index (Phi) is 9.39. The van der Waals surface area contributed by atoms with Crippen molar-refractivity contribution in [3.8, 4) is 16.9 Å². The molecule has 2 unspecified atom stereocenters. The lowest BCUT2D eigenvalue weighted by Crippen LogP contribution is -2.52. The van der Waals surface area contributed by atoms with Crippen molar-refractivity contribution in [2.45, 2.75) is 5.92 Å². The monoisotopic (exact) mass is 630 g/mol. The maximum Gasteiger partial charge on any atom is 0.237 e. The Morgan fingerprint density at radius 2 is 1.42 bits per heavy atom. The summed E-state index contributed by atoms with van der Waals surface area (Å²) < 4.78 is 1.66. The van der Waals surface area contributed by atoms with E-state index < -0.39 is 29.6 Å². The van der Waals surface area contributed by atoms with Crippen LogP contribution in [-0.4, -0.2) is 55.1 Å². The van der Waals surface area contributed by atoms with Crippen molar-refractivity contribution < 1.29 is 9.59 Å². The number of carbonyl (C=O) groups is 2. The van der Waals surface area contributed by atoms with Gasteiger partial charge in [0.2, 0.25) is 11.8 Å². The van der Waals surface area contributed by atoms with Crippen molar-refractivity contribution in [3.63, 3.8) is 0 Å². The predicted octanol–water partition coefficient (Wildman–Crippen LogP) is 5.27. The van der Waals surface area contributed by atoms with E-state index in [0.29, 0.717) is 33.3 Å². The number of benzene rings is 2. The predicted molar refractivity (Wildman–Crippen MR) is 176 cm³/mol. The molecule has 4 N–H and O–H groups in total. The SMILES string of the molecule is C=CCSC1=NC(=N)C(C(c2cn(-c3ccccc3)nc2-c2ccc(Cl)cc2)C2C(=N)N=C(SCC=C)NC2=O)C(=O)N1. The maximum absolute atomic E-state index is 13.8. The number of hydrogen-bond donors (Lipinski definition) is 4. The number of thioether (sulfide) groups is 2. The highest BCUT2D eigenvalue weighted by Crippen LogP contribution is 2.42. The van der Waals surface area contributed by atoms with Crippen molar-refractivity contribution in [2.24, 2.45) is 21.8 Å². The Morgan fingerprint density at radius 1 is 0.884 bits per heavy atom. The van der Waals surface area contributed by atoms with Gasteiger partial charge in [0.05, 0.1) is 11.4 Å². The number of nitrogens with zero attached hydrogens (tertiary/aromatic N) is 4. The summed E-state index contributed by atoms with van der Waals surface area (Å²) in [6.45, 7) is 7.38. The minimum atomic E-state index is -1.22. The van der Waals surface area contributed by atoms with Crippen LogP contribution < -0.4 is 10.6 Å². The van der Waals surface area contributed by atoms with Gasteiger partial charge in [-0.25, -0.2) is 14.7 Å². The molecule has 0 spiro atoms. The van der Waals surface area contributed by atoms with E-state index in [1.807, 2.05) is 30.3 Å². The van der Waals surface area contributed by atoms with E-state index >= 15 is 0 Å². The first-order valence-corrected chi connectivity index (χ1v) is 15.5. The second-order valence-electron chi connectivity index (χ2n) is 9.48. The summed E-state index contributed by atoms with van der Waals surface area (Å²) in [6, 6.07) is 16.4. The molecule has 218 valence electrons. The zero-order valence-corrected chi connectivity index (χ0v) is 25.2. The summed E-state index contributed by atoms with van der Waals surface area (Å²) in [4.78, 5) is 36.2. The number of aromatic nitrogens is 2. The Balaban J connectivity index is 1.70. The van der Waals surface area contributed by atoms with E-state index in [2.05, 4.69) is 33.8 Å². The molecule has 2 amide bonds. The lowest BCUT2D eigenvalue weighted by Gasteiger charge is -2.34. The number of aliphatic imine (C=N–C) groups is 2. The van der Waals surface area contributed by atoms with Crippen molar-refractivity contribution in [1.82, 2.24) is 20.4 Å². The first-order valence-electron chi connectivity index (χ1n) is 13.1. The van der Waals surface area contributed by atoms with Gasteiger partial charge in [0.1, 0.15) is 23.5 Å². The molecule has 2 aromatic carbocycles. The third-order valence-electron chi connectivity index (χ3n) is 6.69. The lowest BCUT2D eigenvalue weighted by atomic mass is 9.73. The number of amides is 2. The molecule has 0 saturated carbocycles. The summed E-state index contributed by atoms with van der Waals surface area (Å²) in [5, 5.41) is 29.3. The minimum Gasteiger partial charge on any atom is -0.304 e. The number of nitrogens with one attached hydrogen (secondary N) is 4. The number of carbonyl (C=O) groups excluding carboxylic acids is 2. The Labute approximate surface area is 261 Å². The van der Waals surface area contributed by atoms with E-state index in [4.69, 9.17) is 27.5 Å². The molecule has 2 aliphatic rings. The zero-order valence-electron chi connectivity index (χ0n) is 22.8. The smallest absolute Gasteiger partial charge is 0.237 e. The van der Waals surface area contributed by atoms with Gasteiger partial charge < -0.3 is 10.6 Å². The van der Waals surface area contributed by atoms with Crippen LogP contribution in [0, 0.1) is 22.7 Å². The summed E-state index contributed by atoms with van der Waals surface area (Å²) >= 11 is 8.66. The van der Waals surface area contributed by atoms with Crippen molar-refractivity contribution in [3.05, 3.63) is 96.7 Å². The number of hydrogen-bond acceptors (Lipinski definition) is 7.